The van der Waals surface area contributed by atoms with E-state index in [9.17, 15) is 0 Å². The molecule has 9 heteroatoms. The van der Waals surface area contributed by atoms with Crippen LogP contribution >= 0.6 is 7.06 Å². The van der Waals surface area contributed by atoms with E-state index >= 15 is 26.3 Å². The van der Waals surface area contributed by atoms with Crippen LogP contribution in [0.1, 0.15) is 22.3 Å². The van der Waals surface area contributed by atoms with Gasteiger partial charge < -0.3 is 0 Å². The zero-order valence-corrected chi connectivity index (χ0v) is 19.7. The molecule has 3 aliphatic rings. The molecule has 2 bridgehead atoms. The third kappa shape index (κ3) is 2.24. The summed E-state index contributed by atoms with van der Waals surface area (Å²) in [6, 6.07) is 24.0. The summed E-state index contributed by atoms with van der Waals surface area (Å²) in [6.45, 7) is 0. The third-order valence-electron chi connectivity index (χ3n) is 7.76. The Balaban J connectivity index is 1.73. The van der Waals surface area contributed by atoms with E-state index in [1.54, 1.807) is 6.07 Å². The van der Waals surface area contributed by atoms with E-state index in [4.69, 9.17) is 9.05 Å². The first-order valence-electron chi connectivity index (χ1n) is 11.5. The minimum absolute atomic E-state index is 0.00166. The number of benzene rings is 4. The van der Waals surface area contributed by atoms with Crippen LogP contribution in [0.2, 0.25) is 0 Å². The van der Waals surface area contributed by atoms with Crippen molar-refractivity contribution in [3.63, 3.8) is 0 Å². The predicted octanol–water partition coefficient (Wildman–Crippen LogP) is 6.33. The Kier molecular flexibility index (Phi) is 4.11. The normalized spacial score (nSPS) is 27.2. The van der Waals surface area contributed by atoms with Gasteiger partial charge in [-0.1, -0.05) is 0 Å². The summed E-state index contributed by atoms with van der Waals surface area (Å²) in [7, 11) is -5.26. The quantitative estimate of drug-likeness (QED) is 0.212. The molecule has 0 N–H and O–H groups in total. The second-order valence-electron chi connectivity index (χ2n) is 9.42. The molecule has 0 saturated heterocycles. The molecule has 1 unspecified atom stereocenters. The maximum atomic E-state index is 15.4. The van der Waals surface area contributed by atoms with Crippen LogP contribution in [0.5, 0.6) is 0 Å². The molecule has 37 heavy (non-hydrogen) atoms. The Morgan fingerprint density at radius 1 is 0.459 bits per heavy atom. The monoisotopic (exact) mass is 530 g/mol. The molecule has 7 rings (SSSR count). The van der Waals surface area contributed by atoms with E-state index in [1.165, 1.54) is 97.1 Å². The number of alkyl halides is 6. The van der Waals surface area contributed by atoms with Gasteiger partial charge in [-0.15, -0.1) is 0 Å². The molecule has 1 atom stereocenters. The summed E-state index contributed by atoms with van der Waals surface area (Å²) in [6.07, 6.45) is -10.0. The van der Waals surface area contributed by atoms with Crippen molar-refractivity contribution in [2.75, 3.05) is 0 Å². The Morgan fingerprint density at radius 2 is 0.811 bits per heavy atom. The third-order valence-corrected chi connectivity index (χ3v) is 12.8. The van der Waals surface area contributed by atoms with Gasteiger partial charge in [0, 0.05) is 0 Å². The van der Waals surface area contributed by atoms with E-state index in [-0.39, 0.29) is 38.2 Å². The van der Waals surface area contributed by atoms with Gasteiger partial charge in [0.25, 0.3) is 0 Å². The van der Waals surface area contributed by atoms with Crippen LogP contribution in [0.15, 0.2) is 103 Å². The molecule has 4 aromatic carbocycles. The first-order chi connectivity index (χ1) is 17.5. The number of hydrogen-bond acceptors (Lipinski definition) is 2. The van der Waals surface area contributed by atoms with Crippen molar-refractivity contribution in [3.05, 3.63) is 125 Å². The van der Waals surface area contributed by atoms with E-state index < -0.39 is 30.6 Å². The Hall–Kier alpha value is -3.19. The molecule has 0 fully saturated rings. The van der Waals surface area contributed by atoms with Crippen LogP contribution in [0.25, 0.3) is 0 Å². The van der Waals surface area contributed by atoms with Gasteiger partial charge in [-0.05, 0) is 0 Å². The van der Waals surface area contributed by atoms with Gasteiger partial charge in [-0.3, -0.25) is 0 Å². The topological polar surface area (TPSA) is 18.5 Å². The van der Waals surface area contributed by atoms with E-state index in [0.29, 0.717) is 0 Å². The van der Waals surface area contributed by atoms with E-state index in [0.717, 1.165) is 0 Å². The fourth-order valence-corrected chi connectivity index (χ4v) is 12.6. The number of halogens is 6. The molecule has 1 spiro atoms. The molecule has 3 aliphatic heterocycles. The summed E-state index contributed by atoms with van der Waals surface area (Å²) in [4.78, 5) is 0. The summed E-state index contributed by atoms with van der Waals surface area (Å²) >= 11 is 0. The zero-order valence-electron chi connectivity index (χ0n) is 18.8. The Morgan fingerprint density at radius 3 is 1.24 bits per heavy atom. The summed E-state index contributed by atoms with van der Waals surface area (Å²) in [5, 5.41) is 0.0243. The van der Waals surface area contributed by atoms with Crippen molar-refractivity contribution in [1.82, 2.24) is 0 Å². The van der Waals surface area contributed by atoms with Crippen molar-refractivity contribution in [3.8, 4) is 0 Å². The average molecular weight is 530 g/mol. The standard InChI is InChI=1S/C28H17F6O2P/c29-27(30,31)25(18-10-2-1-3-11-18)19-12-4-7-15-22(19)37(35-25)23-16-8-5-13-20(23)26(36-37,28(32,33)34)21-14-6-9-17-24(21)37/h1-17H. The predicted molar refractivity (Wildman–Crippen MR) is 127 cm³/mol. The van der Waals surface area contributed by atoms with Crippen molar-refractivity contribution in [1.29, 1.82) is 0 Å². The fourth-order valence-electron chi connectivity index (χ4n) is 6.50. The molecule has 188 valence electrons. The SMILES string of the molecule is FC(F)(F)C1(c2ccccc2)OP23(OC(C(F)(F)F)(c4ccccc42)c2ccccc23)c2ccccc21. The van der Waals surface area contributed by atoms with Gasteiger partial charge >= 0.3 is 207 Å². The summed E-state index contributed by atoms with van der Waals surface area (Å²) in [5.74, 6) is 0. The van der Waals surface area contributed by atoms with Crippen molar-refractivity contribution in [2.45, 2.75) is 23.6 Å². The van der Waals surface area contributed by atoms with Gasteiger partial charge in [0.15, 0.2) is 0 Å². The number of rotatable bonds is 1. The Labute approximate surface area is 207 Å². The first kappa shape index (κ1) is 23.0. The molecule has 0 saturated carbocycles. The first-order valence-corrected chi connectivity index (χ1v) is 13.5. The molecule has 0 aromatic heterocycles. The van der Waals surface area contributed by atoms with Crippen LogP contribution in [0, 0.1) is 0 Å². The number of fused-ring (bicyclic) bond motifs is 6. The maximum absolute atomic E-state index is 15.4. The van der Waals surface area contributed by atoms with Crippen molar-refractivity contribution >= 4 is 23.0 Å². The molecule has 0 radical (unpaired) electrons. The molecule has 0 amide bonds. The van der Waals surface area contributed by atoms with Gasteiger partial charge in [0.2, 0.25) is 0 Å². The molecule has 4 aromatic rings. The van der Waals surface area contributed by atoms with Crippen LogP contribution in [0.4, 0.5) is 26.3 Å². The van der Waals surface area contributed by atoms with Gasteiger partial charge in [0.1, 0.15) is 0 Å². The van der Waals surface area contributed by atoms with Crippen LogP contribution < -0.4 is 15.9 Å². The van der Waals surface area contributed by atoms with Crippen molar-refractivity contribution in [2.24, 2.45) is 0 Å². The van der Waals surface area contributed by atoms with Gasteiger partial charge in [-0.2, -0.15) is 0 Å². The minimum atomic E-state index is -5.26. The molecule has 3 heterocycles. The summed E-state index contributed by atoms with van der Waals surface area (Å²) in [5.41, 5.74) is -7.00. The van der Waals surface area contributed by atoms with Crippen LogP contribution in [-0.4, -0.2) is 12.4 Å². The second-order valence-corrected chi connectivity index (χ2v) is 13.1. The molecular weight excluding hydrogens is 513 g/mol. The number of hydrogen-bond donors (Lipinski definition) is 0. The zero-order chi connectivity index (χ0) is 25.9. The van der Waals surface area contributed by atoms with E-state index in [1.807, 2.05) is 0 Å². The molecular formula is C28H17F6O2P. The average Bonchev–Trinajstić information content (AvgIpc) is 3.45. The van der Waals surface area contributed by atoms with Crippen LogP contribution in [-0.2, 0) is 20.2 Å². The van der Waals surface area contributed by atoms with E-state index in [2.05, 4.69) is 0 Å². The fraction of sp³-hybridized carbons (Fsp3) is 0.143. The van der Waals surface area contributed by atoms with Crippen molar-refractivity contribution < 1.29 is 35.4 Å². The summed E-state index contributed by atoms with van der Waals surface area (Å²) < 4.78 is 105. The molecule has 2 nitrogen and oxygen atoms in total. The van der Waals surface area contributed by atoms with Gasteiger partial charge in [0.05, 0.1) is 0 Å². The van der Waals surface area contributed by atoms with Crippen LogP contribution in [0.3, 0.4) is 0 Å². The molecule has 0 aliphatic carbocycles. The van der Waals surface area contributed by atoms with Gasteiger partial charge in [-0.25, -0.2) is 0 Å². The second kappa shape index (κ2) is 6.62. The Bertz CT molecular complexity index is 1550.